The Balaban J connectivity index is 1.97. The predicted octanol–water partition coefficient (Wildman–Crippen LogP) is 4.93. The minimum absolute atomic E-state index is 0.187. The molecule has 0 spiro atoms. The van der Waals surface area contributed by atoms with Crippen LogP contribution in [0.15, 0.2) is 59.1 Å². The highest BCUT2D eigenvalue weighted by Gasteiger charge is 2.35. The van der Waals surface area contributed by atoms with Crippen LogP contribution in [0.1, 0.15) is 57.4 Å². The molecule has 2 N–H and O–H groups in total. The van der Waals surface area contributed by atoms with E-state index in [2.05, 4.69) is 15.8 Å². The van der Waals surface area contributed by atoms with Gasteiger partial charge < -0.3 is 19.9 Å². The maximum atomic E-state index is 14.3. The Morgan fingerprint density at radius 2 is 1.82 bits per heavy atom. The van der Waals surface area contributed by atoms with Crippen molar-refractivity contribution in [3.8, 4) is 5.75 Å². The number of amides is 3. The van der Waals surface area contributed by atoms with E-state index in [0.29, 0.717) is 23.5 Å². The lowest BCUT2D eigenvalue weighted by Crippen LogP contribution is -2.50. The standard InChI is InChI=1S/C28H33FN4O5/c1-6-28(3,4)31-27(36)26(19-10-12-22(37-5)13-11-19)33(21-9-7-8-20(29)17-21)25(35)15-14-24(34)30-23-16-18(2)38-32-23/h7-13,16-17,26H,6,14-15H2,1-5H3,(H,31,36)(H,30,32,34)/t26-/m1/s1. The molecule has 2 aromatic carbocycles. The highest BCUT2D eigenvalue weighted by atomic mass is 19.1. The van der Waals surface area contributed by atoms with Crippen LogP contribution in [0, 0.1) is 12.7 Å². The van der Waals surface area contributed by atoms with Gasteiger partial charge in [0, 0.05) is 30.1 Å². The third kappa shape index (κ3) is 7.41. The van der Waals surface area contributed by atoms with Gasteiger partial charge in [0.1, 0.15) is 23.4 Å². The van der Waals surface area contributed by atoms with Crippen LogP contribution >= 0.6 is 0 Å². The van der Waals surface area contributed by atoms with Crippen LogP contribution in [0.5, 0.6) is 5.75 Å². The fourth-order valence-electron chi connectivity index (χ4n) is 3.73. The number of carbonyl (C=O) groups is 3. The Morgan fingerprint density at radius 3 is 2.39 bits per heavy atom. The molecule has 0 saturated heterocycles. The number of anilines is 2. The molecule has 202 valence electrons. The van der Waals surface area contributed by atoms with Crippen molar-refractivity contribution in [3.05, 3.63) is 71.7 Å². The molecule has 0 fully saturated rings. The minimum Gasteiger partial charge on any atom is -0.497 e. The van der Waals surface area contributed by atoms with Gasteiger partial charge in [0.05, 0.1) is 7.11 Å². The zero-order chi connectivity index (χ0) is 27.9. The van der Waals surface area contributed by atoms with Crippen LogP contribution in [0.4, 0.5) is 15.9 Å². The van der Waals surface area contributed by atoms with Gasteiger partial charge in [-0.25, -0.2) is 4.39 Å². The first-order valence-electron chi connectivity index (χ1n) is 12.3. The fraction of sp³-hybridized carbons (Fsp3) is 0.357. The summed E-state index contributed by atoms with van der Waals surface area (Å²) < 4.78 is 24.5. The largest absolute Gasteiger partial charge is 0.497 e. The van der Waals surface area contributed by atoms with E-state index in [1.807, 2.05) is 20.8 Å². The Labute approximate surface area is 221 Å². The lowest BCUT2D eigenvalue weighted by molar-refractivity contribution is -0.128. The van der Waals surface area contributed by atoms with Gasteiger partial charge in [0.2, 0.25) is 17.7 Å². The summed E-state index contributed by atoms with van der Waals surface area (Å²) in [5, 5.41) is 9.29. The van der Waals surface area contributed by atoms with Crippen molar-refractivity contribution < 1.29 is 28.0 Å². The van der Waals surface area contributed by atoms with E-state index in [1.54, 1.807) is 43.3 Å². The second-order valence-electron chi connectivity index (χ2n) is 9.52. The van der Waals surface area contributed by atoms with E-state index in [0.717, 1.165) is 0 Å². The van der Waals surface area contributed by atoms with Gasteiger partial charge in [-0.05, 0) is 63.1 Å². The van der Waals surface area contributed by atoms with Crippen molar-refractivity contribution in [1.29, 1.82) is 0 Å². The molecule has 0 radical (unpaired) electrons. The van der Waals surface area contributed by atoms with Gasteiger partial charge in [-0.1, -0.05) is 30.3 Å². The number of methoxy groups -OCH3 is 1. The summed E-state index contributed by atoms with van der Waals surface area (Å²) in [6.45, 7) is 7.38. The topological polar surface area (TPSA) is 114 Å². The average Bonchev–Trinajstić information content (AvgIpc) is 3.29. The lowest BCUT2D eigenvalue weighted by Gasteiger charge is -2.34. The van der Waals surface area contributed by atoms with Crippen molar-refractivity contribution >= 4 is 29.2 Å². The molecule has 38 heavy (non-hydrogen) atoms. The number of halogens is 1. The Morgan fingerprint density at radius 1 is 1.11 bits per heavy atom. The maximum absolute atomic E-state index is 14.3. The molecular weight excluding hydrogens is 491 g/mol. The number of nitrogens with zero attached hydrogens (tertiary/aromatic N) is 2. The first-order valence-corrected chi connectivity index (χ1v) is 12.3. The van der Waals surface area contributed by atoms with Gasteiger partial charge in [-0.15, -0.1) is 0 Å². The third-order valence-electron chi connectivity index (χ3n) is 6.10. The molecule has 1 atom stereocenters. The van der Waals surface area contributed by atoms with Gasteiger partial charge in [0.25, 0.3) is 0 Å². The van der Waals surface area contributed by atoms with Gasteiger partial charge in [-0.3, -0.25) is 19.3 Å². The van der Waals surface area contributed by atoms with E-state index < -0.39 is 35.1 Å². The van der Waals surface area contributed by atoms with Crippen molar-refractivity contribution in [2.75, 3.05) is 17.3 Å². The molecule has 1 aromatic heterocycles. The molecule has 3 rings (SSSR count). The number of hydrogen-bond acceptors (Lipinski definition) is 6. The summed E-state index contributed by atoms with van der Waals surface area (Å²) in [6.07, 6.45) is 0.216. The number of carbonyl (C=O) groups excluding carboxylic acids is 3. The Bertz CT molecular complexity index is 1270. The van der Waals surface area contributed by atoms with Crippen LogP contribution in [0.2, 0.25) is 0 Å². The molecule has 0 aliphatic carbocycles. The van der Waals surface area contributed by atoms with Crippen LogP contribution in [0.25, 0.3) is 0 Å². The van der Waals surface area contributed by atoms with Crippen molar-refractivity contribution in [3.63, 3.8) is 0 Å². The number of hydrogen-bond donors (Lipinski definition) is 2. The van der Waals surface area contributed by atoms with E-state index in [4.69, 9.17) is 9.26 Å². The summed E-state index contributed by atoms with van der Waals surface area (Å²) in [5.74, 6) is -0.665. The van der Waals surface area contributed by atoms with E-state index >= 15 is 0 Å². The zero-order valence-corrected chi connectivity index (χ0v) is 22.2. The van der Waals surface area contributed by atoms with E-state index in [9.17, 15) is 18.8 Å². The number of ether oxygens (including phenoxy) is 1. The third-order valence-corrected chi connectivity index (χ3v) is 6.10. The zero-order valence-electron chi connectivity index (χ0n) is 22.2. The van der Waals surface area contributed by atoms with E-state index in [-0.39, 0.29) is 24.3 Å². The van der Waals surface area contributed by atoms with Crippen molar-refractivity contribution in [1.82, 2.24) is 10.5 Å². The summed E-state index contributed by atoms with van der Waals surface area (Å²) >= 11 is 0. The smallest absolute Gasteiger partial charge is 0.248 e. The quantitative estimate of drug-likeness (QED) is 0.368. The monoisotopic (exact) mass is 524 g/mol. The molecule has 3 amide bonds. The van der Waals surface area contributed by atoms with Crippen LogP contribution < -0.4 is 20.3 Å². The molecule has 0 unspecified atom stereocenters. The second kappa shape index (κ2) is 12.4. The summed E-state index contributed by atoms with van der Waals surface area (Å²) in [6, 6.07) is 12.6. The first-order chi connectivity index (χ1) is 18.0. The molecular formula is C28H33FN4O5. The van der Waals surface area contributed by atoms with Crippen LogP contribution in [0.3, 0.4) is 0 Å². The fourth-order valence-corrected chi connectivity index (χ4v) is 3.73. The van der Waals surface area contributed by atoms with Crippen molar-refractivity contribution in [2.24, 2.45) is 0 Å². The SMILES string of the molecule is CCC(C)(C)NC(=O)[C@@H](c1ccc(OC)cc1)N(C(=O)CCC(=O)Nc1cc(C)on1)c1cccc(F)c1. The molecule has 0 aliphatic rings. The van der Waals surface area contributed by atoms with Crippen LogP contribution in [-0.2, 0) is 14.4 Å². The number of nitrogens with one attached hydrogen (secondary N) is 2. The highest BCUT2D eigenvalue weighted by Crippen LogP contribution is 2.31. The molecule has 1 heterocycles. The van der Waals surface area contributed by atoms with Gasteiger partial charge >= 0.3 is 0 Å². The molecule has 10 heteroatoms. The number of aromatic nitrogens is 1. The summed E-state index contributed by atoms with van der Waals surface area (Å²) in [7, 11) is 1.52. The minimum atomic E-state index is -1.14. The summed E-state index contributed by atoms with van der Waals surface area (Å²) in [4.78, 5) is 41.1. The summed E-state index contributed by atoms with van der Waals surface area (Å²) in [5.41, 5.74) is 0.122. The normalized spacial score (nSPS) is 11.9. The van der Waals surface area contributed by atoms with Gasteiger partial charge in [-0.2, -0.15) is 0 Å². The highest BCUT2D eigenvalue weighted by molar-refractivity contribution is 6.03. The second-order valence-corrected chi connectivity index (χ2v) is 9.52. The van der Waals surface area contributed by atoms with E-state index in [1.165, 1.54) is 30.2 Å². The predicted molar refractivity (Wildman–Crippen MR) is 141 cm³/mol. The molecule has 3 aromatic rings. The Hall–Kier alpha value is -4.21. The van der Waals surface area contributed by atoms with Crippen molar-refractivity contribution in [2.45, 2.75) is 58.5 Å². The number of aryl methyl sites for hydroxylation is 1. The number of benzene rings is 2. The lowest BCUT2D eigenvalue weighted by atomic mass is 9.98. The first kappa shape index (κ1) is 28.4. The molecule has 0 saturated carbocycles. The maximum Gasteiger partial charge on any atom is 0.248 e. The number of rotatable bonds is 11. The molecule has 9 nitrogen and oxygen atoms in total. The average molecular weight is 525 g/mol. The molecule has 0 bridgehead atoms. The van der Waals surface area contributed by atoms with Crippen LogP contribution in [-0.4, -0.2) is 35.5 Å². The van der Waals surface area contributed by atoms with Gasteiger partial charge in [0.15, 0.2) is 5.82 Å². The Kier molecular flexibility index (Phi) is 9.22. The molecule has 0 aliphatic heterocycles.